The van der Waals surface area contributed by atoms with Crippen molar-refractivity contribution in [1.29, 1.82) is 0 Å². The summed E-state index contributed by atoms with van der Waals surface area (Å²) in [6, 6.07) is 8.50. The molecule has 24 heavy (non-hydrogen) atoms. The largest absolute Gasteiger partial charge is 0.301 e. The fourth-order valence-corrected chi connectivity index (χ4v) is 5.02. The Hall–Kier alpha value is -1.55. The molecule has 1 heterocycles. The second-order valence-electron chi connectivity index (χ2n) is 6.93. The summed E-state index contributed by atoms with van der Waals surface area (Å²) < 4.78 is 0. The summed E-state index contributed by atoms with van der Waals surface area (Å²) in [5.74, 6) is 1.86. The summed E-state index contributed by atoms with van der Waals surface area (Å²) in [5, 5.41) is 0.750. The van der Waals surface area contributed by atoms with Crippen molar-refractivity contribution in [1.82, 2.24) is 9.97 Å². The van der Waals surface area contributed by atoms with E-state index in [9.17, 15) is 4.79 Å². The van der Waals surface area contributed by atoms with E-state index in [0.717, 1.165) is 34.2 Å². The van der Waals surface area contributed by atoms with Crippen LogP contribution in [-0.2, 0) is 6.42 Å². The van der Waals surface area contributed by atoms with Crippen molar-refractivity contribution >= 4 is 11.8 Å². The smallest absolute Gasteiger partial charge is 0.255 e. The molecule has 4 heteroatoms. The average molecular weight is 340 g/mol. The number of H-pyrrole nitrogens is 1. The van der Waals surface area contributed by atoms with E-state index in [1.807, 2.05) is 0 Å². The van der Waals surface area contributed by atoms with E-state index in [4.69, 9.17) is 4.98 Å². The normalized spacial score (nSPS) is 20.5. The first kappa shape index (κ1) is 15.9. The maximum absolute atomic E-state index is 12.9. The highest BCUT2D eigenvalue weighted by atomic mass is 32.2. The van der Waals surface area contributed by atoms with Crippen LogP contribution in [0.1, 0.15) is 56.1 Å². The van der Waals surface area contributed by atoms with Gasteiger partial charge in [-0.2, -0.15) is 0 Å². The molecule has 0 saturated heterocycles. The van der Waals surface area contributed by atoms with Gasteiger partial charge in [0.05, 0.1) is 5.69 Å². The van der Waals surface area contributed by atoms with Gasteiger partial charge in [-0.1, -0.05) is 62.2 Å². The van der Waals surface area contributed by atoms with Gasteiger partial charge >= 0.3 is 0 Å². The van der Waals surface area contributed by atoms with E-state index in [0.29, 0.717) is 11.8 Å². The van der Waals surface area contributed by atoms with Crippen LogP contribution in [0, 0.1) is 5.92 Å². The third kappa shape index (κ3) is 2.81. The number of aromatic nitrogens is 2. The summed E-state index contributed by atoms with van der Waals surface area (Å²) in [6.07, 6.45) is 7.42. The van der Waals surface area contributed by atoms with Gasteiger partial charge in [0, 0.05) is 11.1 Å². The second kappa shape index (κ2) is 6.75. The van der Waals surface area contributed by atoms with Crippen molar-refractivity contribution < 1.29 is 0 Å². The molecule has 0 aliphatic heterocycles. The standard InChI is InChI=1S/C20H24N2OS/c1-2-24-20-21-18-15-11-7-6-10-14(15)12-16(17(18)19(23)22-20)13-8-4-3-5-9-13/h6-7,10-11,13,16H,2-5,8-9,12H2,1H3,(H,21,22,23). The predicted octanol–water partition coefficient (Wildman–Crippen LogP) is 4.77. The molecular formula is C20H24N2OS. The zero-order valence-electron chi connectivity index (χ0n) is 14.2. The van der Waals surface area contributed by atoms with E-state index in [1.54, 1.807) is 11.8 Å². The highest BCUT2D eigenvalue weighted by Gasteiger charge is 2.34. The summed E-state index contributed by atoms with van der Waals surface area (Å²) in [5.41, 5.74) is 4.48. The zero-order chi connectivity index (χ0) is 16.5. The molecule has 0 amide bonds. The number of hydrogen-bond donors (Lipinski definition) is 1. The van der Waals surface area contributed by atoms with Gasteiger partial charge < -0.3 is 4.98 Å². The Morgan fingerprint density at radius 2 is 2.00 bits per heavy atom. The summed E-state index contributed by atoms with van der Waals surface area (Å²) in [7, 11) is 0. The molecule has 1 N–H and O–H groups in total. The quantitative estimate of drug-likeness (QED) is 0.647. The summed E-state index contributed by atoms with van der Waals surface area (Å²) in [4.78, 5) is 20.8. The van der Waals surface area contributed by atoms with E-state index in [-0.39, 0.29) is 5.56 Å². The predicted molar refractivity (Wildman–Crippen MR) is 99.7 cm³/mol. The number of thioether (sulfide) groups is 1. The van der Waals surface area contributed by atoms with Crippen LogP contribution in [0.15, 0.2) is 34.2 Å². The van der Waals surface area contributed by atoms with Crippen LogP contribution in [0.5, 0.6) is 0 Å². The number of hydrogen-bond acceptors (Lipinski definition) is 3. The molecule has 3 nitrogen and oxygen atoms in total. The van der Waals surface area contributed by atoms with Crippen LogP contribution in [-0.4, -0.2) is 15.7 Å². The lowest BCUT2D eigenvalue weighted by atomic mass is 9.70. The van der Waals surface area contributed by atoms with Crippen LogP contribution >= 0.6 is 11.8 Å². The SMILES string of the molecule is CCSc1nc2c(c(=O)[nH]1)C(C1CCCCC1)Cc1ccccc1-2. The lowest BCUT2D eigenvalue weighted by molar-refractivity contribution is 0.299. The number of fused-ring (bicyclic) bond motifs is 3. The van der Waals surface area contributed by atoms with Gasteiger partial charge in [-0.05, 0) is 42.4 Å². The molecule has 1 saturated carbocycles. The van der Waals surface area contributed by atoms with Crippen LogP contribution in [0.3, 0.4) is 0 Å². The first-order valence-corrected chi connectivity index (χ1v) is 10.1. The molecule has 0 bridgehead atoms. The lowest BCUT2D eigenvalue weighted by Gasteiger charge is -2.34. The van der Waals surface area contributed by atoms with Gasteiger partial charge in [-0.15, -0.1) is 0 Å². The minimum atomic E-state index is 0.0843. The van der Waals surface area contributed by atoms with Crippen molar-refractivity contribution in [2.45, 2.75) is 56.5 Å². The molecule has 126 valence electrons. The molecule has 1 aromatic heterocycles. The van der Waals surface area contributed by atoms with Crippen molar-refractivity contribution in [3.05, 3.63) is 45.7 Å². The van der Waals surface area contributed by atoms with Gasteiger partial charge in [0.2, 0.25) is 0 Å². The minimum Gasteiger partial charge on any atom is -0.301 e. The molecule has 0 spiro atoms. The maximum atomic E-state index is 12.9. The highest BCUT2D eigenvalue weighted by Crippen LogP contribution is 2.44. The molecule has 1 aromatic carbocycles. The summed E-state index contributed by atoms with van der Waals surface area (Å²) in [6.45, 7) is 2.09. The van der Waals surface area contributed by atoms with Crippen LogP contribution in [0.25, 0.3) is 11.3 Å². The Morgan fingerprint density at radius 1 is 1.21 bits per heavy atom. The molecule has 1 unspecified atom stereocenters. The van der Waals surface area contributed by atoms with Crippen molar-refractivity contribution in [2.75, 3.05) is 5.75 Å². The third-order valence-electron chi connectivity index (χ3n) is 5.52. The number of aromatic amines is 1. The molecule has 2 aromatic rings. The monoisotopic (exact) mass is 340 g/mol. The lowest BCUT2D eigenvalue weighted by Crippen LogP contribution is -2.30. The highest BCUT2D eigenvalue weighted by molar-refractivity contribution is 7.99. The molecule has 2 aliphatic rings. The van der Waals surface area contributed by atoms with E-state index in [2.05, 4.69) is 36.2 Å². The van der Waals surface area contributed by atoms with Gasteiger partial charge in [-0.25, -0.2) is 4.98 Å². The summed E-state index contributed by atoms with van der Waals surface area (Å²) >= 11 is 1.61. The first-order valence-electron chi connectivity index (χ1n) is 9.13. The molecule has 4 rings (SSSR count). The second-order valence-corrected chi connectivity index (χ2v) is 8.18. The van der Waals surface area contributed by atoms with Crippen LogP contribution < -0.4 is 5.56 Å². The van der Waals surface area contributed by atoms with Gasteiger partial charge in [0.25, 0.3) is 5.56 Å². The van der Waals surface area contributed by atoms with Gasteiger partial charge in [-0.3, -0.25) is 4.79 Å². The first-order chi connectivity index (χ1) is 11.8. The number of nitrogens with one attached hydrogen (secondary N) is 1. The Balaban J connectivity index is 1.86. The fraction of sp³-hybridized carbons (Fsp3) is 0.500. The van der Waals surface area contributed by atoms with E-state index >= 15 is 0 Å². The molecule has 0 radical (unpaired) electrons. The Bertz CT molecular complexity index is 792. The van der Waals surface area contributed by atoms with Crippen molar-refractivity contribution in [3.63, 3.8) is 0 Å². The Morgan fingerprint density at radius 3 is 2.79 bits per heavy atom. The molecular weight excluding hydrogens is 316 g/mol. The van der Waals surface area contributed by atoms with Crippen molar-refractivity contribution in [3.8, 4) is 11.3 Å². The molecule has 1 fully saturated rings. The average Bonchev–Trinajstić information content (AvgIpc) is 2.62. The number of nitrogens with zero attached hydrogens (tertiary/aromatic N) is 1. The Kier molecular flexibility index (Phi) is 4.49. The third-order valence-corrected chi connectivity index (χ3v) is 6.27. The molecule has 1 atom stereocenters. The van der Waals surface area contributed by atoms with Gasteiger partial charge in [0.1, 0.15) is 0 Å². The zero-order valence-corrected chi connectivity index (χ0v) is 15.0. The maximum Gasteiger partial charge on any atom is 0.255 e. The van der Waals surface area contributed by atoms with E-state index in [1.165, 1.54) is 37.7 Å². The number of rotatable bonds is 3. The van der Waals surface area contributed by atoms with Crippen LogP contribution in [0.4, 0.5) is 0 Å². The minimum absolute atomic E-state index is 0.0843. The molecule has 2 aliphatic carbocycles. The van der Waals surface area contributed by atoms with Gasteiger partial charge in [0.15, 0.2) is 5.16 Å². The van der Waals surface area contributed by atoms with Crippen LogP contribution in [0.2, 0.25) is 0 Å². The number of benzene rings is 1. The van der Waals surface area contributed by atoms with Crippen molar-refractivity contribution in [2.24, 2.45) is 5.92 Å². The Labute approximate surface area is 147 Å². The van der Waals surface area contributed by atoms with E-state index < -0.39 is 0 Å². The fourth-order valence-electron chi connectivity index (χ4n) is 4.42. The topological polar surface area (TPSA) is 45.8 Å².